The highest BCUT2D eigenvalue weighted by molar-refractivity contribution is 7.22. The van der Waals surface area contributed by atoms with Crippen LogP contribution in [0.3, 0.4) is 0 Å². The molecule has 2 aromatic heterocycles. The Balaban J connectivity index is 0.732. The average molecular weight is 977 g/mol. The van der Waals surface area contributed by atoms with E-state index in [4.69, 9.17) is 14.2 Å². The summed E-state index contributed by atoms with van der Waals surface area (Å²) >= 11 is 3.16. The van der Waals surface area contributed by atoms with Crippen LogP contribution in [0.15, 0.2) is 102 Å². The number of thiophene rings is 2. The van der Waals surface area contributed by atoms with Crippen LogP contribution in [0.5, 0.6) is 23.0 Å². The number of amides is 3. The van der Waals surface area contributed by atoms with Crippen LogP contribution >= 0.6 is 22.7 Å². The van der Waals surface area contributed by atoms with Crippen molar-refractivity contribution >= 4 is 50.5 Å². The number of benzene rings is 4. The van der Waals surface area contributed by atoms with E-state index in [2.05, 4.69) is 33.9 Å². The molecule has 15 heteroatoms. The molecule has 8 rings (SSSR count). The van der Waals surface area contributed by atoms with Gasteiger partial charge in [-0.1, -0.05) is 57.2 Å². The van der Waals surface area contributed by atoms with Crippen LogP contribution < -0.4 is 20.1 Å². The lowest BCUT2D eigenvalue weighted by molar-refractivity contribution is -0.144. The standard InChI is InChI=1S/C54H61FN4O8S2/c1-34-22-27-68-49(34)37-9-7-35(8-10-37)30-56-52(63)45-28-41(61)32-59(45)53(64)51(54(2,3)4)57-47(62)6-5-25-65-33-36-21-23-58(31-36)24-26-66-42-16-18-43(19-17-42)67-48-44-20-15-40(60)29-46(44)69-50(48)38-11-13-39(55)14-12-38/h7-20,22,27,29,36,41,45,51,60-61H,5-6,21,23-26,28,30-33H2,1-4H3,(H,56,63)(H,57,62)/t36?,41-,45+,51-/m1/s1. The quantitative estimate of drug-likeness (QED) is 0.0583. The second kappa shape index (κ2) is 22.3. The highest BCUT2D eigenvalue weighted by Gasteiger charge is 2.44. The van der Waals surface area contributed by atoms with Gasteiger partial charge in [0.15, 0.2) is 5.75 Å². The Labute approximate surface area is 411 Å². The summed E-state index contributed by atoms with van der Waals surface area (Å²) in [7, 11) is 0. The molecule has 4 aromatic carbocycles. The van der Waals surface area contributed by atoms with Crippen molar-refractivity contribution in [3.8, 4) is 43.9 Å². The molecule has 2 aliphatic rings. The number of nitrogens with zero attached hydrogens (tertiary/aromatic N) is 2. The third-order valence-corrected chi connectivity index (χ3v) is 14.9. The zero-order valence-electron chi connectivity index (χ0n) is 39.5. The number of carbonyl (C=O) groups excluding carboxylic acids is 3. The summed E-state index contributed by atoms with van der Waals surface area (Å²) in [5, 5.41) is 29.5. The summed E-state index contributed by atoms with van der Waals surface area (Å²) in [6.45, 7) is 12.1. The molecule has 1 unspecified atom stereocenters. The van der Waals surface area contributed by atoms with Gasteiger partial charge in [0, 0.05) is 60.6 Å². The molecule has 69 heavy (non-hydrogen) atoms. The molecule has 0 radical (unpaired) electrons. The number of carbonyl (C=O) groups is 3. The summed E-state index contributed by atoms with van der Waals surface area (Å²) in [5.74, 6) is 1.22. The first-order valence-corrected chi connectivity index (χ1v) is 25.3. The topological polar surface area (TPSA) is 150 Å². The van der Waals surface area contributed by atoms with Gasteiger partial charge in [-0.15, -0.1) is 22.7 Å². The maximum atomic E-state index is 14.1. The Morgan fingerprint density at radius 2 is 1.62 bits per heavy atom. The molecule has 0 saturated carbocycles. The summed E-state index contributed by atoms with van der Waals surface area (Å²) in [6, 6.07) is 27.3. The summed E-state index contributed by atoms with van der Waals surface area (Å²) in [4.78, 5) is 46.6. The molecule has 4 atom stereocenters. The molecule has 0 aliphatic carbocycles. The minimum Gasteiger partial charge on any atom is -0.508 e. The first-order valence-electron chi connectivity index (χ1n) is 23.6. The third-order valence-electron chi connectivity index (χ3n) is 12.7. The van der Waals surface area contributed by atoms with Crippen molar-refractivity contribution in [2.24, 2.45) is 11.3 Å². The molecule has 2 saturated heterocycles. The number of halogens is 1. The van der Waals surface area contributed by atoms with Gasteiger partial charge in [0.05, 0.1) is 17.6 Å². The van der Waals surface area contributed by atoms with E-state index in [0.29, 0.717) is 43.7 Å². The number of hydrogen-bond donors (Lipinski definition) is 4. The summed E-state index contributed by atoms with van der Waals surface area (Å²) in [6.07, 6.45) is 0.970. The second-order valence-electron chi connectivity index (χ2n) is 19.1. The number of rotatable bonds is 19. The summed E-state index contributed by atoms with van der Waals surface area (Å²) in [5.41, 5.74) is 3.44. The normalized spacial score (nSPS) is 17.8. The molecule has 2 fully saturated rings. The number of hydrogen-bond acceptors (Lipinski definition) is 11. The van der Waals surface area contributed by atoms with E-state index >= 15 is 0 Å². The molecular formula is C54H61FN4O8S2. The third kappa shape index (κ3) is 12.7. The maximum absolute atomic E-state index is 14.1. The number of ether oxygens (including phenoxy) is 3. The zero-order chi connectivity index (χ0) is 48.7. The van der Waals surface area contributed by atoms with Gasteiger partial charge in [-0.05, 0) is 126 Å². The number of β-amino-alcohol motifs (C(OH)–C–C–N with tert-alkyl or cyclic N) is 1. The Kier molecular flexibility index (Phi) is 16.0. The van der Waals surface area contributed by atoms with E-state index in [9.17, 15) is 29.0 Å². The van der Waals surface area contributed by atoms with E-state index in [-0.39, 0.29) is 55.2 Å². The van der Waals surface area contributed by atoms with Crippen molar-refractivity contribution in [3.63, 3.8) is 0 Å². The zero-order valence-corrected chi connectivity index (χ0v) is 41.2. The van der Waals surface area contributed by atoms with Gasteiger partial charge in [-0.2, -0.15) is 0 Å². The van der Waals surface area contributed by atoms with E-state index in [1.807, 2.05) is 75.4 Å². The SMILES string of the molecule is Cc1ccsc1-c1ccc(CNC(=O)[C@@H]2C[C@@H](O)CN2C(=O)[C@@H](NC(=O)CCCOCC2CCN(CCOc3ccc(Oc4c(-c5ccc(F)cc5)sc5cc(O)ccc45)cc3)C2)C(C)(C)C)cc1. The second-order valence-corrected chi connectivity index (χ2v) is 21.1. The lowest BCUT2D eigenvalue weighted by Crippen LogP contribution is -2.57. The van der Waals surface area contributed by atoms with Crippen LogP contribution in [0.2, 0.25) is 0 Å². The highest BCUT2D eigenvalue weighted by atomic mass is 32.1. The van der Waals surface area contributed by atoms with Gasteiger partial charge < -0.3 is 40.0 Å². The largest absolute Gasteiger partial charge is 0.508 e. The van der Waals surface area contributed by atoms with Crippen molar-refractivity contribution in [1.29, 1.82) is 0 Å². The van der Waals surface area contributed by atoms with Gasteiger partial charge in [0.2, 0.25) is 17.7 Å². The van der Waals surface area contributed by atoms with Crippen molar-refractivity contribution in [2.45, 2.75) is 78.1 Å². The van der Waals surface area contributed by atoms with E-state index in [0.717, 1.165) is 63.5 Å². The number of aryl methyl sites for hydroxylation is 1. The molecular weight excluding hydrogens is 916 g/mol. The Morgan fingerprint density at radius 1 is 0.899 bits per heavy atom. The fraction of sp³-hybridized carbons (Fsp3) is 0.389. The number of phenolic OH excluding ortho intramolecular Hbond substituents is 1. The van der Waals surface area contributed by atoms with Crippen LogP contribution in [0.25, 0.3) is 31.0 Å². The average Bonchev–Trinajstić information content (AvgIpc) is 4.14. The molecule has 2 aliphatic heterocycles. The smallest absolute Gasteiger partial charge is 0.246 e. The van der Waals surface area contributed by atoms with Crippen LogP contribution in [0.4, 0.5) is 4.39 Å². The first kappa shape index (κ1) is 49.6. The number of aliphatic hydroxyl groups is 1. The molecule has 364 valence electrons. The highest BCUT2D eigenvalue weighted by Crippen LogP contribution is 2.47. The number of phenols is 1. The predicted octanol–water partition coefficient (Wildman–Crippen LogP) is 9.55. The van der Waals surface area contributed by atoms with Crippen molar-refractivity contribution in [2.75, 3.05) is 46.0 Å². The lowest BCUT2D eigenvalue weighted by atomic mass is 9.85. The minimum atomic E-state index is -0.889. The Hall–Kier alpha value is -5.84. The number of nitrogens with one attached hydrogen (secondary N) is 2. The van der Waals surface area contributed by atoms with E-state index in [1.54, 1.807) is 35.6 Å². The number of aliphatic hydroxyl groups excluding tert-OH is 1. The number of fused-ring (bicyclic) bond motifs is 1. The van der Waals surface area contributed by atoms with Crippen LogP contribution in [-0.4, -0.2) is 102 Å². The van der Waals surface area contributed by atoms with Gasteiger partial charge in [0.25, 0.3) is 0 Å². The molecule has 12 nitrogen and oxygen atoms in total. The monoisotopic (exact) mass is 976 g/mol. The first-order chi connectivity index (χ1) is 33.2. The van der Waals surface area contributed by atoms with Crippen molar-refractivity contribution in [3.05, 3.63) is 119 Å². The lowest BCUT2D eigenvalue weighted by Gasteiger charge is -2.35. The van der Waals surface area contributed by atoms with Crippen molar-refractivity contribution < 1.29 is 43.2 Å². The van der Waals surface area contributed by atoms with E-state index in [1.165, 1.54) is 38.8 Å². The molecule has 6 aromatic rings. The molecule has 4 heterocycles. The van der Waals surface area contributed by atoms with Crippen molar-refractivity contribution in [1.82, 2.24) is 20.4 Å². The molecule has 0 spiro atoms. The van der Waals surface area contributed by atoms with Gasteiger partial charge in [-0.3, -0.25) is 19.3 Å². The predicted molar refractivity (Wildman–Crippen MR) is 269 cm³/mol. The Bertz CT molecular complexity index is 2700. The van der Waals surface area contributed by atoms with Crippen LogP contribution in [0.1, 0.15) is 57.6 Å². The molecule has 3 amide bonds. The molecule has 0 bridgehead atoms. The van der Waals surface area contributed by atoms with Crippen LogP contribution in [-0.2, 0) is 25.7 Å². The number of aromatic hydroxyl groups is 1. The van der Waals surface area contributed by atoms with E-state index < -0.39 is 23.6 Å². The Morgan fingerprint density at radius 3 is 2.35 bits per heavy atom. The van der Waals surface area contributed by atoms with Gasteiger partial charge >= 0.3 is 0 Å². The fourth-order valence-electron chi connectivity index (χ4n) is 8.91. The van der Waals surface area contributed by atoms with Gasteiger partial charge in [0.1, 0.15) is 41.8 Å². The van der Waals surface area contributed by atoms with Crippen LogP contribution in [0, 0.1) is 24.1 Å². The fourth-order valence-corrected chi connectivity index (χ4v) is 11.0. The summed E-state index contributed by atoms with van der Waals surface area (Å²) < 4.78 is 33.1. The van der Waals surface area contributed by atoms with Gasteiger partial charge in [-0.25, -0.2) is 4.39 Å². The maximum Gasteiger partial charge on any atom is 0.246 e. The molecule has 4 N–H and O–H groups in total. The number of likely N-dealkylation sites (tertiary alicyclic amines) is 2. The minimum absolute atomic E-state index is 0.0180.